The van der Waals surface area contributed by atoms with Crippen molar-refractivity contribution >= 4 is 12.1 Å². The van der Waals surface area contributed by atoms with E-state index in [1.54, 1.807) is 0 Å². The number of nitrogens with zero attached hydrogens (tertiary/aromatic N) is 4. The lowest BCUT2D eigenvalue weighted by Crippen LogP contribution is -2.57. The van der Waals surface area contributed by atoms with Gasteiger partial charge in [-0.25, -0.2) is 9.59 Å². The van der Waals surface area contributed by atoms with Gasteiger partial charge in [-0.05, 0) is 76.1 Å². The highest BCUT2D eigenvalue weighted by molar-refractivity contribution is 5.75. The second kappa shape index (κ2) is 10.1. The predicted molar refractivity (Wildman–Crippen MR) is 132 cm³/mol. The highest BCUT2D eigenvalue weighted by Gasteiger charge is 2.45. The lowest BCUT2D eigenvalue weighted by Gasteiger charge is -2.51. The van der Waals surface area contributed by atoms with E-state index in [9.17, 15) is 9.59 Å². The molecule has 1 aromatic rings. The van der Waals surface area contributed by atoms with Gasteiger partial charge in [-0.3, -0.25) is 0 Å². The van der Waals surface area contributed by atoms with Crippen molar-refractivity contribution in [2.24, 2.45) is 0 Å². The van der Waals surface area contributed by atoms with Gasteiger partial charge >= 0.3 is 12.1 Å². The van der Waals surface area contributed by atoms with E-state index in [0.717, 1.165) is 90.9 Å². The second-order valence-electron chi connectivity index (χ2n) is 10.6. The van der Waals surface area contributed by atoms with Crippen LogP contribution in [0.1, 0.15) is 63.0 Å². The Kier molecular flexibility index (Phi) is 7.00. The molecule has 5 rings (SSSR count). The van der Waals surface area contributed by atoms with E-state index >= 15 is 0 Å². The van der Waals surface area contributed by atoms with Crippen LogP contribution in [0.25, 0.3) is 0 Å². The highest BCUT2D eigenvalue weighted by atomic mass is 16.6. The third-order valence-electron chi connectivity index (χ3n) is 8.60. The molecule has 0 aliphatic carbocycles. The van der Waals surface area contributed by atoms with Crippen LogP contribution in [0, 0.1) is 0 Å². The Labute approximate surface area is 204 Å². The number of rotatable bonds is 2. The number of fused-ring (bicyclic) bond motifs is 2. The Morgan fingerprint density at radius 1 is 0.912 bits per heavy atom. The summed E-state index contributed by atoms with van der Waals surface area (Å²) in [5.74, 6) is 0. The number of ether oxygens (including phenoxy) is 1. The van der Waals surface area contributed by atoms with Gasteiger partial charge in [0.25, 0.3) is 0 Å². The highest BCUT2D eigenvalue weighted by Crippen LogP contribution is 2.43. The number of urea groups is 1. The summed E-state index contributed by atoms with van der Waals surface area (Å²) in [7, 11) is 0. The first-order chi connectivity index (χ1) is 16.6. The van der Waals surface area contributed by atoms with Crippen LogP contribution < -0.4 is 0 Å². The number of piperidine rings is 3. The van der Waals surface area contributed by atoms with Crippen molar-refractivity contribution in [3.05, 3.63) is 35.4 Å². The van der Waals surface area contributed by atoms with Crippen molar-refractivity contribution in [2.45, 2.75) is 69.9 Å². The summed E-state index contributed by atoms with van der Waals surface area (Å²) in [5, 5.41) is 0. The Hall–Kier alpha value is -2.28. The zero-order valence-electron chi connectivity index (χ0n) is 20.7. The molecule has 186 valence electrons. The van der Waals surface area contributed by atoms with Gasteiger partial charge in [-0.1, -0.05) is 24.3 Å². The van der Waals surface area contributed by atoms with Crippen LogP contribution in [0.2, 0.25) is 0 Å². The van der Waals surface area contributed by atoms with Crippen LogP contribution in [-0.2, 0) is 16.7 Å². The number of carbonyl (C=O) groups is 2. The van der Waals surface area contributed by atoms with Gasteiger partial charge in [0.05, 0.1) is 6.61 Å². The van der Waals surface area contributed by atoms with E-state index in [2.05, 4.69) is 39.0 Å². The molecule has 0 N–H and O–H groups in total. The maximum absolute atomic E-state index is 13.4. The molecule has 0 aromatic heterocycles. The molecule has 1 aromatic carbocycles. The van der Waals surface area contributed by atoms with Crippen molar-refractivity contribution in [2.75, 3.05) is 52.4 Å². The molecule has 0 saturated carbocycles. The number of hydrogen-bond donors (Lipinski definition) is 0. The number of hydrogen-bond acceptors (Lipinski definition) is 4. The molecule has 7 nitrogen and oxygen atoms in total. The van der Waals surface area contributed by atoms with E-state index in [-0.39, 0.29) is 17.5 Å². The van der Waals surface area contributed by atoms with Crippen LogP contribution in [0.15, 0.2) is 24.3 Å². The third kappa shape index (κ3) is 4.64. The van der Waals surface area contributed by atoms with Crippen molar-refractivity contribution in [3.8, 4) is 0 Å². The molecule has 3 saturated heterocycles. The zero-order valence-corrected chi connectivity index (χ0v) is 20.7. The molecule has 0 unspecified atom stereocenters. The van der Waals surface area contributed by atoms with E-state index in [0.29, 0.717) is 12.6 Å². The zero-order chi connectivity index (χ0) is 23.5. The largest absolute Gasteiger partial charge is 0.450 e. The summed E-state index contributed by atoms with van der Waals surface area (Å²) < 4.78 is 5.18. The Balaban J connectivity index is 1.25. The van der Waals surface area contributed by atoms with Crippen LogP contribution in [0.5, 0.6) is 0 Å². The average molecular weight is 469 g/mol. The molecule has 7 heteroatoms. The van der Waals surface area contributed by atoms with Gasteiger partial charge in [0.2, 0.25) is 0 Å². The number of benzene rings is 1. The van der Waals surface area contributed by atoms with Gasteiger partial charge in [-0.15, -0.1) is 0 Å². The van der Waals surface area contributed by atoms with Gasteiger partial charge in [-0.2, -0.15) is 0 Å². The fourth-order valence-electron chi connectivity index (χ4n) is 6.68. The molecular formula is C27H40N4O3. The molecule has 34 heavy (non-hydrogen) atoms. The quantitative estimate of drug-likeness (QED) is 0.657. The van der Waals surface area contributed by atoms with Gasteiger partial charge in [0.1, 0.15) is 0 Å². The Bertz CT molecular complexity index is 868. The lowest BCUT2D eigenvalue weighted by atomic mass is 9.68. The molecular weight excluding hydrogens is 428 g/mol. The lowest BCUT2D eigenvalue weighted by molar-refractivity contribution is 0.0440. The maximum atomic E-state index is 13.4. The summed E-state index contributed by atoms with van der Waals surface area (Å²) >= 11 is 0. The smallest absolute Gasteiger partial charge is 0.409 e. The summed E-state index contributed by atoms with van der Waals surface area (Å²) in [5.41, 5.74) is 2.85. The van der Waals surface area contributed by atoms with Crippen molar-refractivity contribution < 1.29 is 14.3 Å². The predicted octanol–water partition coefficient (Wildman–Crippen LogP) is 4.06. The normalized spacial score (nSPS) is 23.6. The second-order valence-corrected chi connectivity index (χ2v) is 10.6. The first kappa shape index (κ1) is 23.5. The summed E-state index contributed by atoms with van der Waals surface area (Å²) in [6.45, 7) is 9.37. The summed E-state index contributed by atoms with van der Waals surface area (Å²) in [6.07, 6.45) is 7.54. The molecule has 4 aliphatic rings. The summed E-state index contributed by atoms with van der Waals surface area (Å²) in [6, 6.07) is 9.60. The molecule has 3 amide bonds. The molecule has 0 radical (unpaired) electrons. The van der Waals surface area contributed by atoms with Gasteiger partial charge in [0, 0.05) is 50.7 Å². The monoisotopic (exact) mass is 468 g/mol. The average Bonchev–Trinajstić information content (AvgIpc) is 2.89. The minimum atomic E-state index is -0.171. The fourth-order valence-corrected chi connectivity index (χ4v) is 6.68. The number of amides is 3. The minimum absolute atomic E-state index is 0.0580. The van der Waals surface area contributed by atoms with E-state index in [1.807, 2.05) is 11.8 Å². The van der Waals surface area contributed by atoms with E-state index < -0.39 is 0 Å². The first-order valence-electron chi connectivity index (χ1n) is 13.4. The molecule has 3 fully saturated rings. The first-order valence-corrected chi connectivity index (χ1v) is 13.4. The molecule has 0 bridgehead atoms. The standard InChI is InChI=1S/C27H40N4O3/c1-2-34-26(33)30-16-10-23(11-17-30)28-18-12-27(13-19-28)21-31(20-22-8-4-5-9-24(22)27)25(32)29-14-6-3-7-15-29/h4-5,8-9,23H,2-3,6-7,10-21H2,1H3. The molecule has 0 atom stereocenters. The van der Waals surface area contributed by atoms with E-state index in [4.69, 9.17) is 4.74 Å². The molecule has 4 aliphatic heterocycles. The van der Waals surface area contributed by atoms with Crippen molar-refractivity contribution in [1.29, 1.82) is 0 Å². The number of carbonyl (C=O) groups excluding carboxylic acids is 2. The van der Waals surface area contributed by atoms with Gasteiger partial charge in [0.15, 0.2) is 0 Å². The van der Waals surface area contributed by atoms with Crippen LogP contribution >= 0.6 is 0 Å². The van der Waals surface area contributed by atoms with Gasteiger partial charge < -0.3 is 24.3 Å². The third-order valence-corrected chi connectivity index (χ3v) is 8.60. The van der Waals surface area contributed by atoms with Crippen molar-refractivity contribution in [3.63, 3.8) is 0 Å². The fraction of sp³-hybridized carbons (Fsp3) is 0.704. The molecule has 1 spiro atoms. The van der Waals surface area contributed by atoms with E-state index in [1.165, 1.54) is 17.5 Å². The van der Waals surface area contributed by atoms with Crippen LogP contribution in [0.4, 0.5) is 9.59 Å². The minimum Gasteiger partial charge on any atom is -0.450 e. The Morgan fingerprint density at radius 3 is 2.32 bits per heavy atom. The van der Waals surface area contributed by atoms with Crippen molar-refractivity contribution in [1.82, 2.24) is 19.6 Å². The van der Waals surface area contributed by atoms with Crippen LogP contribution in [0.3, 0.4) is 0 Å². The van der Waals surface area contributed by atoms with Crippen LogP contribution in [-0.4, -0.2) is 90.2 Å². The SMILES string of the molecule is CCOC(=O)N1CCC(N2CCC3(CC2)CN(C(=O)N2CCCCC2)Cc2ccccc23)CC1. The maximum Gasteiger partial charge on any atom is 0.409 e. The Morgan fingerprint density at radius 2 is 1.62 bits per heavy atom. The molecule has 4 heterocycles. The summed E-state index contributed by atoms with van der Waals surface area (Å²) in [4.78, 5) is 34.2. The number of likely N-dealkylation sites (tertiary alicyclic amines) is 3. The topological polar surface area (TPSA) is 56.3 Å².